The fraction of sp³-hybridized carbons (Fsp3) is 0.381. The Kier molecular flexibility index (Phi) is 4.66. The molecule has 1 unspecified atom stereocenters. The molecule has 0 radical (unpaired) electrons. The number of piperidine rings is 1. The number of hydrogen-bond donors (Lipinski definition) is 2. The maximum atomic E-state index is 12.3. The normalized spacial score (nSPS) is 20.6. The summed E-state index contributed by atoms with van der Waals surface area (Å²) < 4.78 is 11.6. The molecule has 1 saturated heterocycles. The molecule has 1 spiro atoms. The highest BCUT2D eigenvalue weighted by molar-refractivity contribution is 5.67. The second-order valence-electron chi connectivity index (χ2n) is 7.22. The summed E-state index contributed by atoms with van der Waals surface area (Å²) in [4.78, 5) is 14.0. The number of ether oxygens (including phenoxy) is 2. The quantitative estimate of drug-likeness (QED) is 0.848. The fourth-order valence-corrected chi connectivity index (χ4v) is 3.90. The van der Waals surface area contributed by atoms with Gasteiger partial charge in [0.15, 0.2) is 0 Å². The van der Waals surface area contributed by atoms with Crippen LogP contribution < -0.4 is 4.74 Å². The number of fused-ring (bicyclic) bond motifs is 1. The molecule has 2 N–H and O–H groups in total. The molecular weight excluding hydrogens is 346 g/mol. The van der Waals surface area contributed by atoms with Crippen molar-refractivity contribution >= 4 is 6.09 Å². The number of phenols is 1. The van der Waals surface area contributed by atoms with Crippen molar-refractivity contribution in [1.82, 2.24) is 4.90 Å². The van der Waals surface area contributed by atoms with Crippen LogP contribution in [0.2, 0.25) is 0 Å². The lowest BCUT2D eigenvalue weighted by Gasteiger charge is -2.45. The smallest absolute Gasteiger partial charge is 0.410 e. The Balaban J connectivity index is 1.37. The molecule has 6 nitrogen and oxygen atoms in total. The molecule has 0 aromatic heterocycles. The average Bonchev–Trinajstić information content (AvgIpc) is 2.67. The molecule has 4 rings (SSSR count). The number of benzene rings is 2. The summed E-state index contributed by atoms with van der Waals surface area (Å²) in [6.45, 7) is 1.27. The highest BCUT2D eigenvalue weighted by atomic mass is 16.6. The van der Waals surface area contributed by atoms with Gasteiger partial charge in [-0.25, -0.2) is 4.79 Å². The third kappa shape index (κ3) is 3.57. The molecule has 1 atom stereocenters. The Morgan fingerprint density at radius 1 is 1.15 bits per heavy atom. The van der Waals surface area contributed by atoms with Gasteiger partial charge in [0.05, 0.1) is 11.7 Å². The van der Waals surface area contributed by atoms with Crippen molar-refractivity contribution in [3.05, 3.63) is 59.7 Å². The van der Waals surface area contributed by atoms with E-state index in [1.165, 1.54) is 0 Å². The van der Waals surface area contributed by atoms with E-state index in [0.717, 1.165) is 5.56 Å². The summed E-state index contributed by atoms with van der Waals surface area (Å²) in [5.74, 6) is 0.575. The second-order valence-corrected chi connectivity index (χ2v) is 7.22. The van der Waals surface area contributed by atoms with Gasteiger partial charge in [0, 0.05) is 32.4 Å². The average molecular weight is 369 g/mol. The largest absolute Gasteiger partial charge is 0.507 e. The van der Waals surface area contributed by atoms with Crippen molar-refractivity contribution in [2.45, 2.75) is 37.6 Å². The molecule has 1 amide bonds. The van der Waals surface area contributed by atoms with Gasteiger partial charge in [-0.05, 0) is 17.7 Å². The Morgan fingerprint density at radius 3 is 2.63 bits per heavy atom. The lowest BCUT2D eigenvalue weighted by Crippen LogP contribution is -2.51. The summed E-state index contributed by atoms with van der Waals surface area (Å²) >= 11 is 0. The topological polar surface area (TPSA) is 79.2 Å². The Morgan fingerprint density at radius 2 is 1.89 bits per heavy atom. The van der Waals surface area contributed by atoms with Gasteiger partial charge in [0.2, 0.25) is 0 Å². The van der Waals surface area contributed by atoms with Gasteiger partial charge >= 0.3 is 6.09 Å². The minimum atomic E-state index is -0.772. The van der Waals surface area contributed by atoms with Crippen LogP contribution in [0.5, 0.6) is 11.5 Å². The maximum Gasteiger partial charge on any atom is 0.410 e. The highest BCUT2D eigenvalue weighted by Crippen LogP contribution is 2.47. The molecule has 1 fully saturated rings. The zero-order chi connectivity index (χ0) is 18.9. The van der Waals surface area contributed by atoms with Gasteiger partial charge in [-0.15, -0.1) is 0 Å². The molecule has 27 heavy (non-hydrogen) atoms. The predicted octanol–water partition coefficient (Wildman–Crippen LogP) is 3.38. The number of aliphatic hydroxyl groups is 1. The first-order valence-corrected chi connectivity index (χ1v) is 9.21. The molecule has 0 aliphatic carbocycles. The second kappa shape index (κ2) is 7.12. The number of amides is 1. The van der Waals surface area contributed by atoms with Crippen molar-refractivity contribution in [1.29, 1.82) is 0 Å². The van der Waals surface area contributed by atoms with E-state index in [-0.39, 0.29) is 18.4 Å². The molecule has 142 valence electrons. The van der Waals surface area contributed by atoms with E-state index >= 15 is 0 Å². The van der Waals surface area contributed by atoms with E-state index in [1.807, 2.05) is 30.3 Å². The number of nitrogens with zero attached hydrogens (tertiary/aromatic N) is 1. The third-order valence-electron chi connectivity index (χ3n) is 5.41. The van der Waals surface area contributed by atoms with E-state index < -0.39 is 11.7 Å². The van der Waals surface area contributed by atoms with Crippen LogP contribution in [0.1, 0.15) is 36.5 Å². The zero-order valence-electron chi connectivity index (χ0n) is 15.0. The number of carbonyl (C=O) groups excluding carboxylic acids is 1. The molecular formula is C21H23NO5. The predicted molar refractivity (Wildman–Crippen MR) is 98.5 cm³/mol. The van der Waals surface area contributed by atoms with E-state index in [2.05, 4.69) is 0 Å². The van der Waals surface area contributed by atoms with Gasteiger partial charge in [-0.1, -0.05) is 36.4 Å². The van der Waals surface area contributed by atoms with Crippen LogP contribution in [0.3, 0.4) is 0 Å². The lowest BCUT2D eigenvalue weighted by atomic mass is 9.81. The first-order chi connectivity index (χ1) is 13.1. The maximum absolute atomic E-state index is 12.3. The molecule has 2 heterocycles. The summed E-state index contributed by atoms with van der Waals surface area (Å²) in [6, 6.07) is 14.6. The van der Waals surface area contributed by atoms with Gasteiger partial charge in [0.25, 0.3) is 0 Å². The van der Waals surface area contributed by atoms with E-state index in [1.54, 1.807) is 23.1 Å². The van der Waals surface area contributed by atoms with Gasteiger partial charge in [0.1, 0.15) is 23.7 Å². The number of hydrogen-bond acceptors (Lipinski definition) is 5. The van der Waals surface area contributed by atoms with E-state index in [0.29, 0.717) is 43.7 Å². The molecule has 2 aromatic carbocycles. The number of aliphatic hydroxyl groups excluding tert-OH is 1. The standard InChI is InChI=1S/C21H23NO5/c23-16-7-4-8-18-19(16)17(24)13-21(27-18)9-11-22(12-10-21)20(25)26-14-15-5-2-1-3-6-15/h1-8,17,23-24H,9-14H2. The Labute approximate surface area is 157 Å². The number of carbonyl (C=O) groups is 1. The summed E-state index contributed by atoms with van der Waals surface area (Å²) in [5, 5.41) is 20.5. The van der Waals surface area contributed by atoms with Crippen LogP contribution >= 0.6 is 0 Å². The first-order valence-electron chi connectivity index (χ1n) is 9.21. The number of rotatable bonds is 2. The number of phenolic OH excluding ortho intramolecular Hbond substituents is 1. The lowest BCUT2D eigenvalue weighted by molar-refractivity contribution is -0.0530. The molecule has 2 aliphatic heterocycles. The number of likely N-dealkylation sites (tertiary alicyclic amines) is 1. The zero-order valence-corrected chi connectivity index (χ0v) is 15.0. The highest BCUT2D eigenvalue weighted by Gasteiger charge is 2.44. The minimum absolute atomic E-state index is 0.0526. The molecule has 0 bridgehead atoms. The van der Waals surface area contributed by atoms with E-state index in [9.17, 15) is 15.0 Å². The van der Waals surface area contributed by atoms with Crippen LogP contribution in [0.25, 0.3) is 0 Å². The van der Waals surface area contributed by atoms with Crippen LogP contribution in [0.15, 0.2) is 48.5 Å². The summed E-state index contributed by atoms with van der Waals surface area (Å²) in [6.07, 6.45) is 0.526. The van der Waals surface area contributed by atoms with E-state index in [4.69, 9.17) is 9.47 Å². The first kappa shape index (κ1) is 17.7. The van der Waals surface area contributed by atoms with Gasteiger partial charge in [-0.3, -0.25) is 0 Å². The minimum Gasteiger partial charge on any atom is -0.507 e. The Hall–Kier alpha value is -2.73. The molecule has 6 heteroatoms. The van der Waals surface area contributed by atoms with Crippen LogP contribution in [0, 0.1) is 0 Å². The molecule has 0 saturated carbocycles. The van der Waals surface area contributed by atoms with Crippen molar-refractivity contribution in [2.24, 2.45) is 0 Å². The third-order valence-corrected chi connectivity index (χ3v) is 5.41. The van der Waals surface area contributed by atoms with Crippen molar-refractivity contribution < 1.29 is 24.5 Å². The summed E-state index contributed by atoms with van der Waals surface area (Å²) in [7, 11) is 0. The SMILES string of the molecule is O=C(OCc1ccccc1)N1CCC2(CC1)CC(O)c1c(O)cccc1O2. The van der Waals surface area contributed by atoms with Crippen LogP contribution in [0.4, 0.5) is 4.79 Å². The van der Waals surface area contributed by atoms with Crippen molar-refractivity contribution in [3.63, 3.8) is 0 Å². The van der Waals surface area contributed by atoms with Crippen molar-refractivity contribution in [3.8, 4) is 11.5 Å². The van der Waals surface area contributed by atoms with Crippen LogP contribution in [-0.2, 0) is 11.3 Å². The number of aromatic hydroxyl groups is 1. The fourth-order valence-electron chi connectivity index (χ4n) is 3.90. The van der Waals surface area contributed by atoms with Crippen molar-refractivity contribution in [2.75, 3.05) is 13.1 Å². The molecule has 2 aromatic rings. The Bertz CT molecular complexity index is 815. The van der Waals surface area contributed by atoms with Crippen LogP contribution in [-0.4, -0.2) is 39.9 Å². The monoisotopic (exact) mass is 369 g/mol. The summed E-state index contributed by atoms with van der Waals surface area (Å²) in [5.41, 5.74) is 0.887. The van der Waals surface area contributed by atoms with Gasteiger partial charge in [-0.2, -0.15) is 0 Å². The van der Waals surface area contributed by atoms with Gasteiger partial charge < -0.3 is 24.6 Å². The molecule has 2 aliphatic rings.